The largest absolute Gasteiger partial charge is 0.378 e. The van der Waals surface area contributed by atoms with Crippen LogP contribution in [0.4, 0.5) is 0 Å². The lowest BCUT2D eigenvalue weighted by Crippen LogP contribution is -2.44. The van der Waals surface area contributed by atoms with Crippen LogP contribution in [-0.4, -0.2) is 41.3 Å². The zero-order chi connectivity index (χ0) is 16.9. The fraction of sp³-hybridized carbons (Fsp3) is 0.412. The number of nitrogens with zero attached hydrogens (tertiary/aromatic N) is 2. The number of hydrogen-bond acceptors (Lipinski definition) is 4. The third-order valence-corrected chi connectivity index (χ3v) is 4.31. The number of morpholine rings is 1. The van der Waals surface area contributed by atoms with Gasteiger partial charge in [0, 0.05) is 43.5 Å². The first kappa shape index (κ1) is 17.0. The fourth-order valence-electron chi connectivity index (χ4n) is 2.80. The van der Waals surface area contributed by atoms with Crippen molar-refractivity contribution in [2.24, 2.45) is 7.05 Å². The highest BCUT2D eigenvalue weighted by molar-refractivity contribution is 6.30. The molecule has 2 aromatic rings. The number of aryl methyl sites for hydroxylation is 1. The molecule has 2 N–H and O–H groups in total. The van der Waals surface area contributed by atoms with E-state index in [9.17, 15) is 4.79 Å². The molecule has 3 rings (SSSR count). The van der Waals surface area contributed by atoms with Crippen LogP contribution < -0.4 is 10.6 Å². The van der Waals surface area contributed by atoms with Crippen LogP contribution in [0.5, 0.6) is 0 Å². The molecule has 2 atom stereocenters. The van der Waals surface area contributed by atoms with E-state index < -0.39 is 0 Å². The van der Waals surface area contributed by atoms with Crippen molar-refractivity contribution in [3.8, 4) is 0 Å². The van der Waals surface area contributed by atoms with Crippen LogP contribution in [0.15, 0.2) is 36.7 Å². The Hall–Kier alpha value is -1.89. The quantitative estimate of drug-likeness (QED) is 0.862. The van der Waals surface area contributed by atoms with Crippen molar-refractivity contribution in [2.75, 3.05) is 19.8 Å². The second-order valence-corrected chi connectivity index (χ2v) is 6.31. The molecular formula is C17H21ClN4O2. The number of carbonyl (C=O) groups excluding carboxylic acids is 1. The summed E-state index contributed by atoms with van der Waals surface area (Å²) in [5.74, 6) is 0.736. The van der Waals surface area contributed by atoms with Crippen molar-refractivity contribution < 1.29 is 9.53 Å². The van der Waals surface area contributed by atoms with Crippen LogP contribution >= 0.6 is 11.6 Å². The maximum Gasteiger partial charge on any atom is 0.222 e. The summed E-state index contributed by atoms with van der Waals surface area (Å²) in [6, 6.07) is 7.17. The van der Waals surface area contributed by atoms with E-state index in [1.54, 1.807) is 6.20 Å². The minimum Gasteiger partial charge on any atom is -0.378 e. The number of imidazole rings is 1. The molecule has 0 aliphatic carbocycles. The second-order valence-electron chi connectivity index (χ2n) is 5.88. The number of ether oxygens (including phenoxy) is 1. The number of nitrogens with one attached hydrogen (secondary N) is 2. The minimum absolute atomic E-state index is 0.0408. The molecule has 1 aromatic carbocycles. The molecule has 0 radical (unpaired) electrons. The van der Waals surface area contributed by atoms with E-state index in [4.69, 9.17) is 16.3 Å². The lowest BCUT2D eigenvalue weighted by Gasteiger charge is -2.25. The molecule has 2 unspecified atom stereocenters. The monoisotopic (exact) mass is 348 g/mol. The van der Waals surface area contributed by atoms with Gasteiger partial charge in [0.2, 0.25) is 5.91 Å². The lowest BCUT2D eigenvalue weighted by atomic mass is 10.1. The van der Waals surface area contributed by atoms with Gasteiger partial charge in [-0.1, -0.05) is 23.7 Å². The molecule has 128 valence electrons. The molecule has 0 spiro atoms. The van der Waals surface area contributed by atoms with Gasteiger partial charge in [-0.15, -0.1) is 0 Å². The lowest BCUT2D eigenvalue weighted by molar-refractivity contribution is -0.122. The van der Waals surface area contributed by atoms with Gasteiger partial charge in [-0.2, -0.15) is 0 Å². The first-order valence-electron chi connectivity index (χ1n) is 7.96. The normalized spacial score (nSPS) is 19.0. The van der Waals surface area contributed by atoms with Crippen molar-refractivity contribution in [3.05, 3.63) is 53.1 Å². The molecule has 1 saturated heterocycles. The van der Waals surface area contributed by atoms with E-state index in [1.807, 2.05) is 42.1 Å². The number of hydrogen-bond donors (Lipinski definition) is 2. The number of benzene rings is 1. The maximum atomic E-state index is 12.5. The Labute approximate surface area is 146 Å². The van der Waals surface area contributed by atoms with Gasteiger partial charge in [-0.05, 0) is 17.7 Å². The highest BCUT2D eigenvalue weighted by Crippen LogP contribution is 2.22. The van der Waals surface area contributed by atoms with E-state index in [0.29, 0.717) is 24.7 Å². The summed E-state index contributed by atoms with van der Waals surface area (Å²) in [5, 5.41) is 7.03. The van der Waals surface area contributed by atoms with Crippen LogP contribution in [0.25, 0.3) is 0 Å². The average Bonchev–Trinajstić information content (AvgIpc) is 3.00. The summed E-state index contributed by atoms with van der Waals surface area (Å²) in [6.45, 7) is 2.03. The van der Waals surface area contributed by atoms with Gasteiger partial charge < -0.3 is 19.9 Å². The standard InChI is InChI=1S/C17H21ClN4O2/c1-22-8-6-20-17(22)16(12-2-4-13(18)5-3-12)21-15(23)10-14-11-24-9-7-19-14/h2-6,8,14,16,19H,7,9-11H2,1H3,(H,21,23). The predicted octanol–water partition coefficient (Wildman–Crippen LogP) is 1.66. The molecule has 0 saturated carbocycles. The molecule has 6 nitrogen and oxygen atoms in total. The van der Waals surface area contributed by atoms with Crippen molar-refractivity contribution >= 4 is 17.5 Å². The van der Waals surface area contributed by atoms with Gasteiger partial charge in [0.1, 0.15) is 11.9 Å². The predicted molar refractivity (Wildman–Crippen MR) is 91.9 cm³/mol. The number of carbonyl (C=O) groups is 1. The molecule has 7 heteroatoms. The Morgan fingerprint density at radius 1 is 1.50 bits per heavy atom. The van der Waals surface area contributed by atoms with Crippen LogP contribution in [0, 0.1) is 0 Å². The third-order valence-electron chi connectivity index (χ3n) is 4.06. The zero-order valence-electron chi connectivity index (χ0n) is 13.5. The van der Waals surface area contributed by atoms with Crippen molar-refractivity contribution in [3.63, 3.8) is 0 Å². The SMILES string of the molecule is Cn1ccnc1C(NC(=O)CC1COCCN1)c1ccc(Cl)cc1. The van der Waals surface area contributed by atoms with Crippen LogP contribution in [0.3, 0.4) is 0 Å². The van der Waals surface area contributed by atoms with Gasteiger partial charge >= 0.3 is 0 Å². The Kier molecular flexibility index (Phi) is 5.50. The van der Waals surface area contributed by atoms with Crippen LogP contribution in [-0.2, 0) is 16.6 Å². The van der Waals surface area contributed by atoms with Crippen molar-refractivity contribution in [1.82, 2.24) is 20.2 Å². The molecule has 24 heavy (non-hydrogen) atoms. The van der Waals surface area contributed by atoms with Gasteiger partial charge in [-0.3, -0.25) is 4.79 Å². The molecular weight excluding hydrogens is 328 g/mol. The Balaban J connectivity index is 1.76. The van der Waals surface area contributed by atoms with Crippen LogP contribution in [0.2, 0.25) is 5.02 Å². The summed E-state index contributed by atoms with van der Waals surface area (Å²) in [6.07, 6.45) is 3.95. The Morgan fingerprint density at radius 2 is 2.29 bits per heavy atom. The second kappa shape index (κ2) is 7.79. The smallest absolute Gasteiger partial charge is 0.222 e. The van der Waals surface area contributed by atoms with E-state index in [0.717, 1.165) is 17.9 Å². The molecule has 1 amide bonds. The molecule has 1 fully saturated rings. The fourth-order valence-corrected chi connectivity index (χ4v) is 2.93. The number of rotatable bonds is 5. The molecule has 0 bridgehead atoms. The summed E-state index contributed by atoms with van der Waals surface area (Å²) in [4.78, 5) is 16.9. The first-order chi connectivity index (χ1) is 11.6. The Morgan fingerprint density at radius 3 is 2.92 bits per heavy atom. The van der Waals surface area contributed by atoms with E-state index in [2.05, 4.69) is 15.6 Å². The zero-order valence-corrected chi connectivity index (χ0v) is 14.3. The third kappa shape index (κ3) is 4.14. The number of amides is 1. The van der Waals surface area contributed by atoms with E-state index >= 15 is 0 Å². The van der Waals surface area contributed by atoms with Gasteiger partial charge in [0.05, 0.1) is 13.2 Å². The molecule has 2 heterocycles. The summed E-state index contributed by atoms with van der Waals surface area (Å²) < 4.78 is 7.31. The first-order valence-corrected chi connectivity index (χ1v) is 8.34. The highest BCUT2D eigenvalue weighted by atomic mass is 35.5. The highest BCUT2D eigenvalue weighted by Gasteiger charge is 2.23. The molecule has 1 aromatic heterocycles. The van der Waals surface area contributed by atoms with Gasteiger partial charge in [-0.25, -0.2) is 4.98 Å². The van der Waals surface area contributed by atoms with E-state index in [-0.39, 0.29) is 18.0 Å². The Bertz CT molecular complexity index is 680. The van der Waals surface area contributed by atoms with Crippen LogP contribution in [0.1, 0.15) is 23.9 Å². The van der Waals surface area contributed by atoms with E-state index in [1.165, 1.54) is 0 Å². The molecule has 1 aliphatic heterocycles. The minimum atomic E-state index is -0.320. The van der Waals surface area contributed by atoms with Gasteiger partial charge in [0.15, 0.2) is 0 Å². The summed E-state index contributed by atoms with van der Waals surface area (Å²) in [5.41, 5.74) is 0.940. The summed E-state index contributed by atoms with van der Waals surface area (Å²) >= 11 is 5.98. The van der Waals surface area contributed by atoms with Gasteiger partial charge in [0.25, 0.3) is 0 Å². The number of aromatic nitrogens is 2. The summed E-state index contributed by atoms with van der Waals surface area (Å²) in [7, 11) is 1.91. The topological polar surface area (TPSA) is 68.2 Å². The van der Waals surface area contributed by atoms with Crippen molar-refractivity contribution in [1.29, 1.82) is 0 Å². The molecule has 1 aliphatic rings. The average molecular weight is 349 g/mol. The number of halogens is 1. The van der Waals surface area contributed by atoms with Crippen molar-refractivity contribution in [2.45, 2.75) is 18.5 Å². The maximum absolute atomic E-state index is 12.5.